The van der Waals surface area contributed by atoms with Gasteiger partial charge in [-0.25, -0.2) is 0 Å². The Hall–Kier alpha value is -2.16. The van der Waals surface area contributed by atoms with Crippen molar-refractivity contribution >= 4 is 23.9 Å². The van der Waals surface area contributed by atoms with Crippen LogP contribution in [-0.2, 0) is 42.9 Å². The van der Waals surface area contributed by atoms with E-state index in [0.717, 1.165) is 0 Å². The van der Waals surface area contributed by atoms with Crippen LogP contribution in [0.25, 0.3) is 0 Å². The molecule has 0 aromatic rings. The quantitative estimate of drug-likeness (QED) is 0.497. The maximum absolute atomic E-state index is 11.5. The third-order valence-electron chi connectivity index (χ3n) is 2.46. The van der Waals surface area contributed by atoms with Crippen LogP contribution in [0.1, 0.15) is 33.1 Å². The third-order valence-corrected chi connectivity index (χ3v) is 2.46. The molecule has 9 nitrogen and oxygen atoms in total. The lowest BCUT2D eigenvalue weighted by Gasteiger charge is -2.22. The fourth-order valence-corrected chi connectivity index (χ4v) is 1.80. The molecule has 1 fully saturated rings. The monoisotopic (exact) mass is 322 g/mol. The number of ether oxygens (including phenoxy) is 5. The number of rotatable bonds is 5. The summed E-state index contributed by atoms with van der Waals surface area (Å²) in [7, 11) is 0. The minimum absolute atomic E-state index is 0.502. The van der Waals surface area contributed by atoms with Gasteiger partial charge in [0, 0.05) is 33.1 Å². The van der Waals surface area contributed by atoms with Gasteiger partial charge in [-0.05, 0) is 0 Å². The SMILES string of the molecule is [2H]CC(=O)OC[C@H]1OC(OC(=O)C[2H])[C@H](OC(=O)C[2H])[C@H]1OC(=O)C[2H]. The van der Waals surface area contributed by atoms with Gasteiger partial charge in [0.25, 0.3) is 0 Å². The van der Waals surface area contributed by atoms with Crippen LogP contribution in [0.5, 0.6) is 0 Å². The molecule has 0 spiro atoms. The first-order chi connectivity index (χ1) is 12.4. The molecule has 22 heavy (non-hydrogen) atoms. The van der Waals surface area contributed by atoms with Crippen molar-refractivity contribution in [1.29, 1.82) is 0 Å². The van der Waals surface area contributed by atoms with E-state index < -0.39 is 82.7 Å². The van der Waals surface area contributed by atoms with Crippen molar-refractivity contribution in [2.75, 3.05) is 6.61 Å². The minimum Gasteiger partial charge on any atom is -0.463 e. The summed E-state index contributed by atoms with van der Waals surface area (Å²) in [6.45, 7) is -3.45. The van der Waals surface area contributed by atoms with Gasteiger partial charge in [-0.3, -0.25) is 19.2 Å². The van der Waals surface area contributed by atoms with Gasteiger partial charge in [0.05, 0.1) is 0 Å². The zero-order valence-electron chi connectivity index (χ0n) is 15.5. The van der Waals surface area contributed by atoms with E-state index >= 15 is 0 Å². The molecule has 0 bridgehead atoms. The van der Waals surface area contributed by atoms with Crippen molar-refractivity contribution in [3.05, 3.63) is 0 Å². The zero-order chi connectivity index (χ0) is 19.7. The second kappa shape index (κ2) is 7.74. The predicted octanol–water partition coefficient (Wildman–Crippen LogP) is -0.299. The Kier molecular flexibility index (Phi) is 4.36. The highest BCUT2D eigenvalue weighted by Crippen LogP contribution is 2.28. The Labute approximate surface area is 132 Å². The van der Waals surface area contributed by atoms with Gasteiger partial charge in [0.2, 0.25) is 12.4 Å². The summed E-state index contributed by atoms with van der Waals surface area (Å²) < 4.78 is 52.6. The van der Waals surface area contributed by atoms with Crippen molar-refractivity contribution in [3.63, 3.8) is 0 Å². The lowest BCUT2D eigenvalue weighted by Crippen LogP contribution is -2.42. The Morgan fingerprint density at radius 3 is 2.00 bits per heavy atom. The van der Waals surface area contributed by atoms with Gasteiger partial charge >= 0.3 is 23.9 Å². The van der Waals surface area contributed by atoms with Crippen LogP contribution in [0.4, 0.5) is 0 Å². The molecular formula is C13H18O9. The highest BCUT2D eigenvalue weighted by atomic mass is 16.8. The molecule has 1 rings (SSSR count). The molecule has 0 saturated carbocycles. The van der Waals surface area contributed by atoms with E-state index in [-0.39, 0.29) is 0 Å². The van der Waals surface area contributed by atoms with Gasteiger partial charge in [-0.15, -0.1) is 0 Å². The van der Waals surface area contributed by atoms with Crippen molar-refractivity contribution in [2.24, 2.45) is 0 Å². The van der Waals surface area contributed by atoms with E-state index in [1.54, 1.807) is 0 Å². The van der Waals surface area contributed by atoms with Gasteiger partial charge < -0.3 is 23.7 Å². The summed E-state index contributed by atoms with van der Waals surface area (Å²) in [5, 5.41) is 0. The molecule has 1 heterocycles. The summed E-state index contributed by atoms with van der Waals surface area (Å²) in [6, 6.07) is 0. The van der Waals surface area contributed by atoms with Gasteiger partial charge in [-0.1, -0.05) is 0 Å². The average molecular weight is 322 g/mol. The molecule has 0 aliphatic carbocycles. The van der Waals surface area contributed by atoms with Crippen LogP contribution < -0.4 is 0 Å². The average Bonchev–Trinajstić information content (AvgIpc) is 2.95. The maximum atomic E-state index is 11.5. The number of carbonyl (C=O) groups is 4. The third kappa shape index (κ3) is 5.32. The Morgan fingerprint density at radius 2 is 1.41 bits per heavy atom. The zero-order valence-corrected chi connectivity index (χ0v) is 11.5. The standard InChI is InChI=1S/C13H18O9/c1-6(14)18-5-10-11(19-7(2)15)12(20-8(3)16)13(22-10)21-9(4)17/h10-13H,5H2,1-4H3/t10-,11+,12-,13?/m1/s1/i1D,2D,3D,4D. The first-order valence-corrected chi connectivity index (χ1v) is 5.92. The first-order valence-electron chi connectivity index (χ1n) is 8.75. The Bertz CT molecular complexity index is 530. The van der Waals surface area contributed by atoms with E-state index in [0.29, 0.717) is 0 Å². The summed E-state index contributed by atoms with van der Waals surface area (Å²) >= 11 is 0. The van der Waals surface area contributed by atoms with E-state index in [9.17, 15) is 19.2 Å². The summed E-state index contributed by atoms with van der Waals surface area (Å²) in [4.78, 5) is 45.4. The number of esters is 4. The predicted molar refractivity (Wildman–Crippen MR) is 68.2 cm³/mol. The highest BCUT2D eigenvalue weighted by Gasteiger charge is 2.51. The van der Waals surface area contributed by atoms with Crippen LogP contribution in [0.15, 0.2) is 0 Å². The highest BCUT2D eigenvalue weighted by molar-refractivity contribution is 5.68. The molecule has 0 amide bonds. The van der Waals surface area contributed by atoms with E-state index in [4.69, 9.17) is 29.2 Å². The minimum atomic E-state index is -1.56. The Morgan fingerprint density at radius 1 is 0.864 bits per heavy atom. The smallest absolute Gasteiger partial charge is 0.305 e. The van der Waals surface area contributed by atoms with E-state index in [1.165, 1.54) is 0 Å². The summed E-state index contributed by atoms with van der Waals surface area (Å²) in [5.41, 5.74) is 0. The fourth-order valence-electron chi connectivity index (χ4n) is 1.80. The van der Waals surface area contributed by atoms with Crippen molar-refractivity contribution in [2.45, 2.75) is 52.2 Å². The molecule has 9 heteroatoms. The lowest BCUT2D eigenvalue weighted by molar-refractivity contribution is -0.197. The maximum Gasteiger partial charge on any atom is 0.305 e. The number of hydrogen-bond acceptors (Lipinski definition) is 9. The van der Waals surface area contributed by atoms with Crippen molar-refractivity contribution in [1.82, 2.24) is 0 Å². The fraction of sp³-hybridized carbons (Fsp3) is 0.692. The van der Waals surface area contributed by atoms with Gasteiger partial charge in [-0.2, -0.15) is 0 Å². The van der Waals surface area contributed by atoms with Crippen LogP contribution >= 0.6 is 0 Å². The second-order valence-electron chi connectivity index (χ2n) is 4.12. The number of hydrogen-bond donors (Lipinski definition) is 0. The van der Waals surface area contributed by atoms with Crippen LogP contribution in [0.3, 0.4) is 0 Å². The first kappa shape index (κ1) is 12.4. The number of carbonyl (C=O) groups excluding carboxylic acids is 4. The molecule has 1 unspecified atom stereocenters. The molecule has 1 saturated heterocycles. The molecule has 0 aromatic heterocycles. The molecule has 0 N–H and O–H groups in total. The molecule has 4 atom stereocenters. The largest absolute Gasteiger partial charge is 0.463 e. The van der Waals surface area contributed by atoms with E-state index in [1.807, 2.05) is 0 Å². The molecule has 124 valence electrons. The summed E-state index contributed by atoms with van der Waals surface area (Å²) in [5.74, 6) is -3.95. The second-order valence-corrected chi connectivity index (χ2v) is 4.12. The van der Waals surface area contributed by atoms with Crippen LogP contribution in [0.2, 0.25) is 0 Å². The van der Waals surface area contributed by atoms with Crippen molar-refractivity contribution < 1.29 is 48.3 Å². The van der Waals surface area contributed by atoms with Gasteiger partial charge in [0.15, 0.2) is 6.10 Å². The van der Waals surface area contributed by atoms with Crippen molar-refractivity contribution in [3.8, 4) is 0 Å². The lowest BCUT2D eigenvalue weighted by atomic mass is 10.1. The Balaban J connectivity index is 3.01. The van der Waals surface area contributed by atoms with E-state index in [2.05, 4.69) is 0 Å². The van der Waals surface area contributed by atoms with Gasteiger partial charge in [0.1, 0.15) is 12.7 Å². The van der Waals surface area contributed by atoms with Crippen LogP contribution in [-0.4, -0.2) is 55.1 Å². The molecular weight excluding hydrogens is 300 g/mol. The normalized spacial score (nSPS) is 29.3. The van der Waals surface area contributed by atoms with Crippen LogP contribution in [0, 0.1) is 0 Å². The molecule has 1 aliphatic rings. The topological polar surface area (TPSA) is 114 Å². The summed E-state index contributed by atoms with van der Waals surface area (Å²) in [6.07, 6.45) is -5.64. The molecule has 0 radical (unpaired) electrons. The molecule has 1 aliphatic heterocycles. The molecule has 0 aromatic carbocycles.